The van der Waals surface area contributed by atoms with E-state index in [1.54, 1.807) is 18.2 Å². The third kappa shape index (κ3) is 3.88. The summed E-state index contributed by atoms with van der Waals surface area (Å²) in [5.41, 5.74) is 0.421. The second-order valence-electron chi connectivity index (χ2n) is 4.52. The van der Waals surface area contributed by atoms with E-state index < -0.39 is 21.6 Å². The summed E-state index contributed by atoms with van der Waals surface area (Å²) in [6, 6.07) is 10.4. The van der Waals surface area contributed by atoms with Crippen LogP contribution in [0, 0.1) is 5.82 Å². The molecule has 0 atom stereocenters. The van der Waals surface area contributed by atoms with Gasteiger partial charge in [-0.25, -0.2) is 12.8 Å². The third-order valence-electron chi connectivity index (χ3n) is 2.96. The van der Waals surface area contributed by atoms with E-state index in [0.29, 0.717) is 17.2 Å². The van der Waals surface area contributed by atoms with Gasteiger partial charge in [0.1, 0.15) is 5.82 Å². The molecule has 0 bridgehead atoms. The molecule has 0 unspecified atom stereocenters. The summed E-state index contributed by atoms with van der Waals surface area (Å²) in [4.78, 5) is 0. The summed E-state index contributed by atoms with van der Waals surface area (Å²) in [6.45, 7) is 0. The quantitative estimate of drug-likeness (QED) is 0.887. The van der Waals surface area contributed by atoms with Crippen LogP contribution in [0.3, 0.4) is 0 Å². The number of anilines is 1. The Hall–Kier alpha value is -2.28. The van der Waals surface area contributed by atoms with Crippen molar-refractivity contribution in [3.05, 3.63) is 53.8 Å². The normalized spacial score (nSPS) is 11.0. The number of sulfonamides is 1. The van der Waals surface area contributed by atoms with Crippen molar-refractivity contribution in [2.24, 2.45) is 0 Å². The molecule has 118 valence electrons. The van der Waals surface area contributed by atoms with Crippen LogP contribution >= 0.6 is 0 Å². The maximum absolute atomic E-state index is 13.5. The van der Waals surface area contributed by atoms with E-state index in [9.17, 15) is 12.8 Å². The Labute approximate surface area is 128 Å². The predicted molar refractivity (Wildman–Crippen MR) is 82.2 cm³/mol. The number of hydrogen-bond acceptors (Lipinski definition) is 4. The fourth-order valence-corrected chi connectivity index (χ4v) is 3.14. The molecule has 0 aliphatic heterocycles. The second-order valence-corrected chi connectivity index (χ2v) is 6.24. The minimum absolute atomic E-state index is 0.107. The Morgan fingerprint density at radius 3 is 2.36 bits per heavy atom. The molecule has 0 saturated heterocycles. The average molecular weight is 325 g/mol. The van der Waals surface area contributed by atoms with Gasteiger partial charge in [0.15, 0.2) is 11.5 Å². The molecule has 0 saturated carbocycles. The number of methoxy groups -OCH3 is 2. The minimum Gasteiger partial charge on any atom is -0.493 e. The van der Waals surface area contributed by atoms with Gasteiger partial charge in [0, 0.05) is 11.6 Å². The number of rotatable bonds is 6. The highest BCUT2D eigenvalue weighted by atomic mass is 32.2. The monoisotopic (exact) mass is 325 g/mol. The number of ether oxygens (including phenoxy) is 2. The van der Waals surface area contributed by atoms with E-state index in [2.05, 4.69) is 4.72 Å². The lowest BCUT2D eigenvalue weighted by Gasteiger charge is -2.12. The van der Waals surface area contributed by atoms with Crippen molar-refractivity contribution in [3.63, 3.8) is 0 Å². The zero-order valence-corrected chi connectivity index (χ0v) is 13.0. The largest absolute Gasteiger partial charge is 0.493 e. The Balaban J connectivity index is 2.20. The molecule has 0 heterocycles. The summed E-state index contributed by atoms with van der Waals surface area (Å²) in [5, 5.41) is 0. The highest BCUT2D eigenvalue weighted by Gasteiger charge is 2.15. The summed E-state index contributed by atoms with van der Waals surface area (Å²) in [5.74, 6) is -0.123. The van der Waals surface area contributed by atoms with Crippen molar-refractivity contribution in [1.82, 2.24) is 0 Å². The molecule has 0 spiro atoms. The highest BCUT2D eigenvalue weighted by molar-refractivity contribution is 7.91. The molecule has 5 nitrogen and oxygen atoms in total. The fraction of sp³-hybridized carbons (Fsp3) is 0.200. The van der Waals surface area contributed by atoms with E-state index in [0.717, 1.165) is 0 Å². The lowest BCUT2D eigenvalue weighted by molar-refractivity contribution is 0.355. The standard InChI is InChI=1S/C15H16FNO4S/c1-20-14-8-7-12(9-15(14)21-2)17-22(18,19)10-11-5-3-4-6-13(11)16/h3-9,17H,10H2,1-2H3. The molecule has 0 aliphatic rings. The van der Waals surface area contributed by atoms with Gasteiger partial charge in [0.05, 0.1) is 25.7 Å². The van der Waals surface area contributed by atoms with Crippen molar-refractivity contribution in [1.29, 1.82) is 0 Å². The van der Waals surface area contributed by atoms with E-state index in [1.165, 1.54) is 38.5 Å². The summed E-state index contributed by atoms with van der Waals surface area (Å²) in [6.07, 6.45) is 0. The Morgan fingerprint density at radius 2 is 1.73 bits per heavy atom. The van der Waals surface area contributed by atoms with E-state index in [-0.39, 0.29) is 5.56 Å². The van der Waals surface area contributed by atoms with Gasteiger partial charge in [0.25, 0.3) is 0 Å². The third-order valence-corrected chi connectivity index (χ3v) is 4.20. The van der Waals surface area contributed by atoms with Gasteiger partial charge in [-0.15, -0.1) is 0 Å². The van der Waals surface area contributed by atoms with Crippen molar-refractivity contribution in [3.8, 4) is 11.5 Å². The Morgan fingerprint density at radius 1 is 1.05 bits per heavy atom. The van der Waals surface area contributed by atoms with Crippen LogP contribution in [0.25, 0.3) is 0 Å². The lowest BCUT2D eigenvalue weighted by atomic mass is 10.2. The second kappa shape index (κ2) is 6.65. The Kier molecular flexibility index (Phi) is 4.87. The maximum atomic E-state index is 13.5. The van der Waals surface area contributed by atoms with Crippen molar-refractivity contribution >= 4 is 15.7 Å². The van der Waals surface area contributed by atoms with E-state index in [4.69, 9.17) is 9.47 Å². The van der Waals surface area contributed by atoms with Crippen LogP contribution in [0.1, 0.15) is 5.56 Å². The van der Waals surface area contributed by atoms with Crippen LogP contribution in [-0.2, 0) is 15.8 Å². The summed E-state index contributed by atoms with van der Waals surface area (Å²) >= 11 is 0. The first-order chi connectivity index (χ1) is 10.4. The molecular weight excluding hydrogens is 309 g/mol. The van der Waals surface area contributed by atoms with E-state index in [1.807, 2.05) is 0 Å². The predicted octanol–water partition coefficient (Wildman–Crippen LogP) is 2.78. The Bertz CT molecular complexity index is 762. The van der Waals surface area contributed by atoms with Gasteiger partial charge in [-0.3, -0.25) is 4.72 Å². The zero-order chi connectivity index (χ0) is 16.2. The number of nitrogens with one attached hydrogen (secondary N) is 1. The highest BCUT2D eigenvalue weighted by Crippen LogP contribution is 2.30. The van der Waals surface area contributed by atoms with Crippen LogP contribution < -0.4 is 14.2 Å². The van der Waals surface area contributed by atoms with Gasteiger partial charge >= 0.3 is 0 Å². The minimum atomic E-state index is -3.74. The van der Waals surface area contributed by atoms with Crippen molar-refractivity contribution < 1.29 is 22.3 Å². The first-order valence-corrected chi connectivity index (χ1v) is 8.06. The van der Waals surface area contributed by atoms with Gasteiger partial charge < -0.3 is 9.47 Å². The molecule has 0 aromatic heterocycles. The zero-order valence-electron chi connectivity index (χ0n) is 12.2. The lowest BCUT2D eigenvalue weighted by Crippen LogP contribution is -2.15. The van der Waals surface area contributed by atoms with Crippen LogP contribution in [0.5, 0.6) is 11.5 Å². The molecule has 0 fully saturated rings. The van der Waals surface area contributed by atoms with Gasteiger partial charge in [-0.2, -0.15) is 0 Å². The molecule has 2 rings (SSSR count). The molecule has 0 aliphatic carbocycles. The average Bonchev–Trinajstić information content (AvgIpc) is 2.49. The van der Waals surface area contributed by atoms with Crippen LogP contribution in [0.15, 0.2) is 42.5 Å². The topological polar surface area (TPSA) is 64.6 Å². The summed E-state index contributed by atoms with van der Waals surface area (Å²) < 4.78 is 50.4. The van der Waals surface area contributed by atoms with E-state index >= 15 is 0 Å². The van der Waals surface area contributed by atoms with Crippen LogP contribution in [0.2, 0.25) is 0 Å². The number of halogens is 1. The molecule has 0 amide bonds. The molecule has 0 radical (unpaired) electrons. The molecule has 2 aromatic rings. The molecule has 1 N–H and O–H groups in total. The van der Waals surface area contributed by atoms with Crippen LogP contribution in [0.4, 0.5) is 10.1 Å². The number of hydrogen-bond donors (Lipinski definition) is 1. The molecule has 2 aromatic carbocycles. The summed E-state index contributed by atoms with van der Waals surface area (Å²) in [7, 11) is -0.801. The van der Waals surface area contributed by atoms with Gasteiger partial charge in [-0.1, -0.05) is 18.2 Å². The van der Waals surface area contributed by atoms with Crippen LogP contribution in [-0.4, -0.2) is 22.6 Å². The SMILES string of the molecule is COc1ccc(NS(=O)(=O)Cc2ccccc2F)cc1OC. The van der Waals surface area contributed by atoms with Crippen molar-refractivity contribution in [2.75, 3.05) is 18.9 Å². The first-order valence-electron chi connectivity index (χ1n) is 6.41. The number of benzene rings is 2. The smallest absolute Gasteiger partial charge is 0.237 e. The first kappa shape index (κ1) is 16.1. The maximum Gasteiger partial charge on any atom is 0.237 e. The van der Waals surface area contributed by atoms with Gasteiger partial charge in [0.2, 0.25) is 10.0 Å². The molecule has 7 heteroatoms. The van der Waals surface area contributed by atoms with Gasteiger partial charge in [-0.05, 0) is 18.2 Å². The fourth-order valence-electron chi connectivity index (χ4n) is 1.94. The molecular formula is C15H16FNO4S. The molecule has 22 heavy (non-hydrogen) atoms. The van der Waals surface area contributed by atoms with Crippen molar-refractivity contribution in [2.45, 2.75) is 5.75 Å².